The van der Waals surface area contributed by atoms with Crippen molar-refractivity contribution in [3.8, 4) is 11.3 Å². The molecule has 0 amide bonds. The number of anilines is 1. The number of nitrogens with two attached hydrogens (primary N) is 1. The molecule has 2 aromatic heterocycles. The van der Waals surface area contributed by atoms with Crippen molar-refractivity contribution in [3.05, 3.63) is 64.7 Å². The van der Waals surface area contributed by atoms with Crippen LogP contribution in [0.2, 0.25) is 0 Å². The van der Waals surface area contributed by atoms with Gasteiger partial charge in [-0.2, -0.15) is 0 Å². The number of rotatable bonds is 2. The standard InChI is InChI=1S/C17H12N4O2/c18-15-9-13-12-6-1-2-7-14(12)19-17(13)16(20-15)10-4-3-5-11(8-10)21(22)23/h1-9,19H,(H2,18,20). The number of H-pyrrole nitrogens is 1. The quantitative estimate of drug-likeness (QED) is 0.434. The molecule has 0 unspecified atom stereocenters. The van der Waals surface area contributed by atoms with E-state index in [4.69, 9.17) is 5.73 Å². The van der Waals surface area contributed by atoms with E-state index < -0.39 is 4.92 Å². The Morgan fingerprint density at radius 3 is 2.70 bits per heavy atom. The third-order valence-electron chi connectivity index (χ3n) is 3.85. The normalized spacial score (nSPS) is 11.1. The molecule has 6 heteroatoms. The molecular formula is C17H12N4O2. The molecule has 0 atom stereocenters. The van der Waals surface area contributed by atoms with Crippen molar-refractivity contribution in [2.45, 2.75) is 0 Å². The van der Waals surface area contributed by atoms with Crippen LogP contribution >= 0.6 is 0 Å². The van der Waals surface area contributed by atoms with Crippen LogP contribution < -0.4 is 5.73 Å². The fourth-order valence-electron chi connectivity index (χ4n) is 2.84. The Labute approximate surface area is 130 Å². The maximum Gasteiger partial charge on any atom is 0.270 e. The highest BCUT2D eigenvalue weighted by Gasteiger charge is 2.14. The summed E-state index contributed by atoms with van der Waals surface area (Å²) in [5.74, 6) is 0.378. The first-order chi connectivity index (χ1) is 11.1. The number of aromatic amines is 1. The second-order valence-corrected chi connectivity index (χ2v) is 5.30. The van der Waals surface area contributed by atoms with Gasteiger partial charge in [-0.25, -0.2) is 4.98 Å². The summed E-state index contributed by atoms with van der Waals surface area (Å²) in [4.78, 5) is 18.3. The zero-order valence-corrected chi connectivity index (χ0v) is 12.0. The van der Waals surface area contributed by atoms with E-state index in [1.54, 1.807) is 12.1 Å². The Morgan fingerprint density at radius 1 is 1.04 bits per heavy atom. The van der Waals surface area contributed by atoms with Gasteiger partial charge < -0.3 is 10.7 Å². The van der Waals surface area contributed by atoms with E-state index >= 15 is 0 Å². The number of benzene rings is 2. The lowest BCUT2D eigenvalue weighted by Crippen LogP contribution is -1.94. The molecule has 0 aliphatic rings. The number of para-hydroxylation sites is 1. The van der Waals surface area contributed by atoms with Gasteiger partial charge in [-0.05, 0) is 12.1 Å². The molecule has 4 rings (SSSR count). The van der Waals surface area contributed by atoms with Crippen molar-refractivity contribution in [1.29, 1.82) is 0 Å². The van der Waals surface area contributed by atoms with E-state index in [0.29, 0.717) is 17.1 Å². The van der Waals surface area contributed by atoms with Gasteiger partial charge in [-0.15, -0.1) is 0 Å². The van der Waals surface area contributed by atoms with Gasteiger partial charge in [0.2, 0.25) is 0 Å². The summed E-state index contributed by atoms with van der Waals surface area (Å²) in [7, 11) is 0. The predicted molar refractivity (Wildman–Crippen MR) is 90.1 cm³/mol. The third-order valence-corrected chi connectivity index (χ3v) is 3.85. The minimum Gasteiger partial charge on any atom is -0.384 e. The summed E-state index contributed by atoms with van der Waals surface area (Å²) in [6, 6.07) is 16.1. The van der Waals surface area contributed by atoms with Crippen LogP contribution in [-0.4, -0.2) is 14.9 Å². The summed E-state index contributed by atoms with van der Waals surface area (Å²) >= 11 is 0. The van der Waals surface area contributed by atoms with Gasteiger partial charge in [-0.1, -0.05) is 30.3 Å². The Hall–Kier alpha value is -3.41. The number of hydrogen-bond acceptors (Lipinski definition) is 4. The van der Waals surface area contributed by atoms with Gasteiger partial charge in [0.15, 0.2) is 0 Å². The van der Waals surface area contributed by atoms with E-state index in [9.17, 15) is 10.1 Å². The van der Waals surface area contributed by atoms with Gasteiger partial charge in [-0.3, -0.25) is 10.1 Å². The SMILES string of the molecule is Nc1cc2c([nH]c3ccccc32)c(-c2cccc([N+](=O)[O-])c2)n1. The summed E-state index contributed by atoms with van der Waals surface area (Å²) in [6.45, 7) is 0. The molecule has 0 saturated carbocycles. The molecule has 0 spiro atoms. The second kappa shape index (κ2) is 4.81. The lowest BCUT2D eigenvalue weighted by molar-refractivity contribution is -0.384. The Morgan fingerprint density at radius 2 is 1.87 bits per heavy atom. The number of nitrogen functional groups attached to an aromatic ring is 1. The third kappa shape index (κ3) is 2.08. The molecule has 0 aliphatic carbocycles. The average molecular weight is 304 g/mol. The fourth-order valence-corrected chi connectivity index (χ4v) is 2.84. The second-order valence-electron chi connectivity index (χ2n) is 5.30. The number of non-ortho nitro benzene ring substituents is 1. The van der Waals surface area contributed by atoms with Gasteiger partial charge in [0, 0.05) is 34.0 Å². The van der Waals surface area contributed by atoms with Crippen LogP contribution in [0.4, 0.5) is 11.5 Å². The molecule has 0 bridgehead atoms. The van der Waals surface area contributed by atoms with E-state index in [1.165, 1.54) is 12.1 Å². The van der Waals surface area contributed by atoms with Gasteiger partial charge in [0.25, 0.3) is 5.69 Å². The molecule has 0 fully saturated rings. The number of aromatic nitrogens is 2. The monoisotopic (exact) mass is 304 g/mol. The van der Waals surface area contributed by atoms with Crippen LogP contribution in [0.5, 0.6) is 0 Å². The summed E-state index contributed by atoms with van der Waals surface area (Å²) < 4.78 is 0. The van der Waals surface area contributed by atoms with Gasteiger partial charge in [0.1, 0.15) is 5.82 Å². The average Bonchev–Trinajstić information content (AvgIpc) is 2.93. The van der Waals surface area contributed by atoms with E-state index in [1.807, 2.05) is 30.3 Å². The first-order valence-electron chi connectivity index (χ1n) is 7.05. The van der Waals surface area contributed by atoms with Crippen LogP contribution in [0.25, 0.3) is 33.1 Å². The van der Waals surface area contributed by atoms with Crippen LogP contribution in [0.1, 0.15) is 0 Å². The highest BCUT2D eigenvalue weighted by Crippen LogP contribution is 2.34. The summed E-state index contributed by atoms with van der Waals surface area (Å²) in [5.41, 5.74) is 9.04. The van der Waals surface area contributed by atoms with Crippen molar-refractivity contribution in [1.82, 2.24) is 9.97 Å². The topological polar surface area (TPSA) is 97.8 Å². The summed E-state index contributed by atoms with van der Waals surface area (Å²) in [5, 5.41) is 13.0. The molecule has 2 aromatic carbocycles. The Bertz CT molecular complexity index is 1070. The zero-order valence-electron chi connectivity index (χ0n) is 12.0. The molecule has 0 radical (unpaired) electrons. The van der Waals surface area contributed by atoms with Gasteiger partial charge >= 0.3 is 0 Å². The Kier molecular flexibility index (Phi) is 2.77. The van der Waals surface area contributed by atoms with Crippen molar-refractivity contribution >= 4 is 33.3 Å². The first-order valence-corrected chi connectivity index (χ1v) is 7.05. The smallest absolute Gasteiger partial charge is 0.270 e. The number of nitro benzene ring substituents is 1. The minimum absolute atomic E-state index is 0.0241. The maximum absolute atomic E-state index is 11.0. The number of nitrogens with one attached hydrogen (secondary N) is 1. The van der Waals surface area contributed by atoms with Crippen molar-refractivity contribution in [2.24, 2.45) is 0 Å². The molecule has 2 heterocycles. The number of nitrogens with zero attached hydrogens (tertiary/aromatic N) is 2. The molecule has 3 N–H and O–H groups in total. The summed E-state index contributed by atoms with van der Waals surface area (Å²) in [6.07, 6.45) is 0. The number of pyridine rings is 1. The molecule has 112 valence electrons. The lowest BCUT2D eigenvalue weighted by Gasteiger charge is -2.04. The highest BCUT2D eigenvalue weighted by atomic mass is 16.6. The van der Waals surface area contributed by atoms with Gasteiger partial charge in [0.05, 0.1) is 16.1 Å². The fraction of sp³-hybridized carbons (Fsp3) is 0. The molecule has 0 aliphatic heterocycles. The van der Waals surface area contributed by atoms with Crippen LogP contribution in [0, 0.1) is 10.1 Å². The predicted octanol–water partition coefficient (Wildman–Crippen LogP) is 3.87. The molecule has 6 nitrogen and oxygen atoms in total. The largest absolute Gasteiger partial charge is 0.384 e. The molecule has 0 saturated heterocycles. The number of nitro groups is 1. The van der Waals surface area contributed by atoms with E-state index in [-0.39, 0.29) is 5.69 Å². The highest BCUT2D eigenvalue weighted by molar-refractivity contribution is 6.11. The zero-order chi connectivity index (χ0) is 16.0. The van der Waals surface area contributed by atoms with Crippen LogP contribution in [-0.2, 0) is 0 Å². The molecule has 23 heavy (non-hydrogen) atoms. The van der Waals surface area contributed by atoms with Crippen molar-refractivity contribution in [2.75, 3.05) is 5.73 Å². The molecule has 4 aromatic rings. The lowest BCUT2D eigenvalue weighted by atomic mass is 10.1. The first kappa shape index (κ1) is 13.3. The van der Waals surface area contributed by atoms with Crippen LogP contribution in [0.3, 0.4) is 0 Å². The van der Waals surface area contributed by atoms with E-state index in [2.05, 4.69) is 9.97 Å². The van der Waals surface area contributed by atoms with E-state index in [0.717, 1.165) is 21.8 Å². The maximum atomic E-state index is 11.0. The van der Waals surface area contributed by atoms with Crippen LogP contribution in [0.15, 0.2) is 54.6 Å². The Balaban J connectivity index is 2.07. The number of fused-ring (bicyclic) bond motifs is 3. The molecular weight excluding hydrogens is 292 g/mol. The van der Waals surface area contributed by atoms with Crippen molar-refractivity contribution < 1.29 is 4.92 Å². The minimum atomic E-state index is -0.418. The number of hydrogen-bond donors (Lipinski definition) is 2. The van der Waals surface area contributed by atoms with Crippen molar-refractivity contribution in [3.63, 3.8) is 0 Å².